The molecule has 19 heavy (non-hydrogen) atoms. The number of rotatable bonds is 2. The molecule has 0 aliphatic rings. The molecule has 0 atom stereocenters. The Morgan fingerprint density at radius 2 is 2.21 bits per heavy atom. The van der Waals surface area contributed by atoms with Gasteiger partial charge in [0.15, 0.2) is 11.5 Å². The van der Waals surface area contributed by atoms with Gasteiger partial charge in [-0.2, -0.15) is 0 Å². The molecule has 0 saturated heterocycles. The van der Waals surface area contributed by atoms with Crippen molar-refractivity contribution in [2.45, 2.75) is 0 Å². The number of nitrogens with zero attached hydrogens (tertiary/aromatic N) is 4. The van der Waals surface area contributed by atoms with Crippen molar-refractivity contribution in [2.24, 2.45) is 0 Å². The van der Waals surface area contributed by atoms with E-state index in [1.54, 1.807) is 17.2 Å². The lowest BCUT2D eigenvalue weighted by atomic mass is 10.3. The maximum atomic E-state index is 13.3. The zero-order valence-electron chi connectivity index (χ0n) is 10.1. The van der Waals surface area contributed by atoms with Gasteiger partial charge in [0.2, 0.25) is 0 Å². The fourth-order valence-electron chi connectivity index (χ4n) is 1.92. The summed E-state index contributed by atoms with van der Waals surface area (Å²) in [6, 6.07) is 6.37. The SMILES string of the molecule is CN(c1cccc(F)c1)c1nc(Br)cn2ccnc12. The largest absolute Gasteiger partial charge is 0.326 e. The van der Waals surface area contributed by atoms with Crippen LogP contribution in [0.2, 0.25) is 0 Å². The zero-order chi connectivity index (χ0) is 13.4. The van der Waals surface area contributed by atoms with Crippen LogP contribution in [-0.4, -0.2) is 21.4 Å². The number of hydrogen-bond donors (Lipinski definition) is 0. The number of hydrogen-bond acceptors (Lipinski definition) is 3. The minimum absolute atomic E-state index is 0.279. The van der Waals surface area contributed by atoms with E-state index in [0.29, 0.717) is 10.4 Å². The quantitative estimate of drug-likeness (QED) is 0.725. The van der Waals surface area contributed by atoms with E-state index in [-0.39, 0.29) is 5.82 Å². The van der Waals surface area contributed by atoms with E-state index in [9.17, 15) is 4.39 Å². The minimum Gasteiger partial charge on any atom is -0.326 e. The van der Waals surface area contributed by atoms with Crippen molar-refractivity contribution in [2.75, 3.05) is 11.9 Å². The molecule has 0 saturated carbocycles. The molecule has 0 aliphatic heterocycles. The van der Waals surface area contributed by atoms with E-state index < -0.39 is 0 Å². The van der Waals surface area contributed by atoms with Crippen molar-refractivity contribution in [1.82, 2.24) is 14.4 Å². The highest BCUT2D eigenvalue weighted by Gasteiger charge is 2.13. The molecule has 3 aromatic rings. The van der Waals surface area contributed by atoms with Crippen LogP contribution in [0.15, 0.2) is 47.5 Å². The fourth-order valence-corrected chi connectivity index (χ4v) is 2.31. The van der Waals surface area contributed by atoms with Gasteiger partial charge in [0, 0.05) is 31.3 Å². The van der Waals surface area contributed by atoms with E-state index in [1.807, 2.05) is 29.9 Å². The van der Waals surface area contributed by atoms with Gasteiger partial charge in [-0.3, -0.25) is 0 Å². The van der Waals surface area contributed by atoms with Crippen molar-refractivity contribution < 1.29 is 4.39 Å². The number of imidazole rings is 1. The topological polar surface area (TPSA) is 33.4 Å². The summed E-state index contributed by atoms with van der Waals surface area (Å²) in [5.74, 6) is 0.378. The highest BCUT2D eigenvalue weighted by atomic mass is 79.9. The van der Waals surface area contributed by atoms with E-state index in [0.717, 1.165) is 11.3 Å². The van der Waals surface area contributed by atoms with Crippen LogP contribution in [0.4, 0.5) is 15.9 Å². The van der Waals surface area contributed by atoms with Crippen LogP contribution in [0, 0.1) is 5.82 Å². The minimum atomic E-state index is -0.279. The molecule has 0 amide bonds. The summed E-state index contributed by atoms with van der Waals surface area (Å²) in [6.07, 6.45) is 5.36. The lowest BCUT2D eigenvalue weighted by molar-refractivity contribution is 0.628. The second-order valence-electron chi connectivity index (χ2n) is 4.08. The molecule has 0 N–H and O–H groups in total. The third-order valence-electron chi connectivity index (χ3n) is 2.84. The van der Waals surface area contributed by atoms with Crippen LogP contribution in [0.3, 0.4) is 0 Å². The predicted molar refractivity (Wildman–Crippen MR) is 75.2 cm³/mol. The third-order valence-corrected chi connectivity index (χ3v) is 3.22. The predicted octanol–water partition coefficient (Wildman–Crippen LogP) is 3.40. The summed E-state index contributed by atoms with van der Waals surface area (Å²) < 4.78 is 15.9. The zero-order valence-corrected chi connectivity index (χ0v) is 11.7. The summed E-state index contributed by atoms with van der Waals surface area (Å²) in [5.41, 5.74) is 1.44. The molecule has 6 heteroatoms. The molecule has 0 radical (unpaired) electrons. The normalized spacial score (nSPS) is 10.9. The van der Waals surface area contributed by atoms with Crippen LogP contribution < -0.4 is 4.90 Å². The molecule has 2 heterocycles. The van der Waals surface area contributed by atoms with Gasteiger partial charge in [0.1, 0.15) is 10.4 Å². The van der Waals surface area contributed by atoms with Gasteiger partial charge in [-0.1, -0.05) is 6.07 Å². The van der Waals surface area contributed by atoms with E-state index in [1.165, 1.54) is 12.1 Å². The average Bonchev–Trinajstić information content (AvgIpc) is 2.85. The molecule has 3 rings (SSSR count). The van der Waals surface area contributed by atoms with Crippen LogP contribution >= 0.6 is 15.9 Å². The number of fused-ring (bicyclic) bond motifs is 1. The molecule has 0 unspecified atom stereocenters. The van der Waals surface area contributed by atoms with Crippen molar-refractivity contribution >= 4 is 33.1 Å². The lowest BCUT2D eigenvalue weighted by Gasteiger charge is -2.19. The smallest absolute Gasteiger partial charge is 0.180 e. The molecule has 1 aromatic carbocycles. The first kappa shape index (κ1) is 12.1. The van der Waals surface area contributed by atoms with E-state index in [2.05, 4.69) is 25.9 Å². The molecule has 96 valence electrons. The van der Waals surface area contributed by atoms with E-state index in [4.69, 9.17) is 0 Å². The molecule has 0 spiro atoms. The highest BCUT2D eigenvalue weighted by Crippen LogP contribution is 2.26. The number of benzene rings is 1. The maximum absolute atomic E-state index is 13.3. The summed E-state index contributed by atoms with van der Waals surface area (Å²) in [7, 11) is 1.83. The summed E-state index contributed by atoms with van der Waals surface area (Å²) in [5, 5.41) is 0. The van der Waals surface area contributed by atoms with Gasteiger partial charge >= 0.3 is 0 Å². The Morgan fingerprint density at radius 1 is 1.37 bits per heavy atom. The Kier molecular flexibility index (Phi) is 2.94. The molecule has 0 fully saturated rings. The molecule has 2 aromatic heterocycles. The molecular weight excluding hydrogens is 311 g/mol. The summed E-state index contributed by atoms with van der Waals surface area (Å²) >= 11 is 3.36. The Balaban J connectivity index is 2.15. The maximum Gasteiger partial charge on any atom is 0.180 e. The Morgan fingerprint density at radius 3 is 3.00 bits per heavy atom. The van der Waals surface area contributed by atoms with Crippen molar-refractivity contribution in [3.8, 4) is 0 Å². The Hall–Kier alpha value is -1.95. The molecule has 4 nitrogen and oxygen atoms in total. The van der Waals surface area contributed by atoms with Gasteiger partial charge in [-0.25, -0.2) is 14.4 Å². The molecular formula is C13H10BrFN4. The van der Waals surface area contributed by atoms with Crippen LogP contribution in [0.1, 0.15) is 0 Å². The number of aromatic nitrogens is 3. The lowest BCUT2D eigenvalue weighted by Crippen LogP contribution is -2.13. The highest BCUT2D eigenvalue weighted by molar-refractivity contribution is 9.10. The first-order chi connectivity index (χ1) is 9.15. The van der Waals surface area contributed by atoms with Crippen molar-refractivity contribution in [1.29, 1.82) is 0 Å². The first-order valence-electron chi connectivity index (χ1n) is 5.63. The van der Waals surface area contributed by atoms with Gasteiger partial charge in [-0.05, 0) is 34.1 Å². The van der Waals surface area contributed by atoms with Crippen LogP contribution in [0.25, 0.3) is 5.65 Å². The van der Waals surface area contributed by atoms with Crippen LogP contribution in [-0.2, 0) is 0 Å². The van der Waals surface area contributed by atoms with Crippen molar-refractivity contribution in [3.05, 3.63) is 53.3 Å². The molecule has 0 bridgehead atoms. The van der Waals surface area contributed by atoms with Gasteiger partial charge in [0.25, 0.3) is 0 Å². The van der Waals surface area contributed by atoms with Gasteiger partial charge in [-0.15, -0.1) is 0 Å². The third kappa shape index (κ3) is 2.19. The molecule has 0 aliphatic carbocycles. The second kappa shape index (κ2) is 4.62. The Labute approximate surface area is 117 Å². The first-order valence-corrected chi connectivity index (χ1v) is 6.43. The Bertz CT molecular complexity index is 740. The van der Waals surface area contributed by atoms with E-state index >= 15 is 0 Å². The fraction of sp³-hybridized carbons (Fsp3) is 0.0769. The average molecular weight is 321 g/mol. The number of anilines is 2. The van der Waals surface area contributed by atoms with Gasteiger partial charge in [0.05, 0.1) is 0 Å². The second-order valence-corrected chi connectivity index (χ2v) is 4.90. The van der Waals surface area contributed by atoms with Crippen LogP contribution in [0.5, 0.6) is 0 Å². The standard InChI is InChI=1S/C13H10BrFN4/c1-18(10-4-2-3-9(15)7-10)13-12-16-5-6-19(12)8-11(14)17-13/h2-8H,1H3. The number of halogens is 2. The van der Waals surface area contributed by atoms with Crippen molar-refractivity contribution in [3.63, 3.8) is 0 Å². The summed E-state index contributed by atoms with van der Waals surface area (Å²) in [6.45, 7) is 0. The summed E-state index contributed by atoms with van der Waals surface area (Å²) in [4.78, 5) is 10.5. The monoisotopic (exact) mass is 320 g/mol. The van der Waals surface area contributed by atoms with Gasteiger partial charge < -0.3 is 9.30 Å².